The number of halogens is 1. The molecule has 1 aromatic carbocycles. The Morgan fingerprint density at radius 2 is 2.29 bits per heavy atom. The molecule has 0 saturated carbocycles. The Morgan fingerprint density at radius 1 is 1.50 bits per heavy atom. The minimum absolute atomic E-state index is 0.153. The number of hydrogen-bond donors (Lipinski definition) is 1. The predicted octanol–water partition coefficient (Wildman–Crippen LogP) is 3.22. The largest absolute Gasteiger partial charge is 0.506 e. The number of rotatable bonds is 1. The van der Waals surface area contributed by atoms with E-state index in [4.69, 9.17) is 16.9 Å². The summed E-state index contributed by atoms with van der Waals surface area (Å²) in [5, 5.41) is 21.1. The van der Waals surface area contributed by atoms with Gasteiger partial charge < -0.3 is 5.11 Å². The molecule has 4 heteroatoms. The molecule has 2 aromatic rings. The summed E-state index contributed by atoms with van der Waals surface area (Å²) in [7, 11) is 0. The van der Waals surface area contributed by atoms with Crippen molar-refractivity contribution >= 4 is 33.0 Å². The van der Waals surface area contributed by atoms with Crippen LogP contribution < -0.4 is 0 Å². The molecule has 14 heavy (non-hydrogen) atoms. The van der Waals surface area contributed by atoms with Crippen LogP contribution in [0.4, 0.5) is 0 Å². The average molecular weight is 224 g/mol. The maximum Gasteiger partial charge on any atom is 0.134 e. The summed E-state index contributed by atoms with van der Waals surface area (Å²) in [6.07, 6.45) is 0. The van der Waals surface area contributed by atoms with Crippen molar-refractivity contribution in [3.05, 3.63) is 28.6 Å². The van der Waals surface area contributed by atoms with Crippen LogP contribution in [0.15, 0.2) is 17.5 Å². The first-order valence-electron chi connectivity index (χ1n) is 3.95. The van der Waals surface area contributed by atoms with Gasteiger partial charge in [0.1, 0.15) is 5.75 Å². The van der Waals surface area contributed by atoms with Gasteiger partial charge in [0, 0.05) is 11.3 Å². The SMILES string of the molecule is N#Cc1cc(O)c2scc(CCl)c2c1. The van der Waals surface area contributed by atoms with E-state index in [-0.39, 0.29) is 5.75 Å². The van der Waals surface area contributed by atoms with Crippen molar-refractivity contribution in [2.75, 3.05) is 0 Å². The Kier molecular flexibility index (Phi) is 2.32. The number of fused-ring (bicyclic) bond motifs is 1. The fourth-order valence-corrected chi connectivity index (χ4v) is 2.62. The van der Waals surface area contributed by atoms with Crippen LogP contribution in [0.5, 0.6) is 5.75 Å². The van der Waals surface area contributed by atoms with Gasteiger partial charge in [0.2, 0.25) is 0 Å². The van der Waals surface area contributed by atoms with Crippen LogP contribution >= 0.6 is 22.9 Å². The number of benzene rings is 1. The molecule has 1 N–H and O–H groups in total. The summed E-state index contributed by atoms with van der Waals surface area (Å²) in [5.41, 5.74) is 1.42. The Bertz CT molecular complexity index is 527. The van der Waals surface area contributed by atoms with E-state index in [1.165, 1.54) is 17.4 Å². The van der Waals surface area contributed by atoms with Crippen molar-refractivity contribution in [3.63, 3.8) is 0 Å². The third-order valence-corrected chi connectivity index (χ3v) is 3.36. The molecule has 2 nitrogen and oxygen atoms in total. The molecular formula is C10H6ClNOS. The van der Waals surface area contributed by atoms with Gasteiger partial charge in [-0.3, -0.25) is 0 Å². The topological polar surface area (TPSA) is 44.0 Å². The van der Waals surface area contributed by atoms with Crippen LogP contribution in [-0.4, -0.2) is 5.11 Å². The molecule has 1 aromatic heterocycles. The Labute approximate surface area is 90.0 Å². The third-order valence-electron chi connectivity index (χ3n) is 2.01. The second-order valence-electron chi connectivity index (χ2n) is 2.88. The fourth-order valence-electron chi connectivity index (χ4n) is 1.34. The van der Waals surface area contributed by atoms with Gasteiger partial charge >= 0.3 is 0 Å². The first-order valence-corrected chi connectivity index (χ1v) is 5.37. The minimum atomic E-state index is 0.153. The molecule has 0 spiro atoms. The smallest absolute Gasteiger partial charge is 0.134 e. The summed E-state index contributed by atoms with van der Waals surface area (Å²) in [6, 6.07) is 5.22. The molecular weight excluding hydrogens is 218 g/mol. The Morgan fingerprint density at radius 3 is 2.93 bits per heavy atom. The first-order chi connectivity index (χ1) is 6.76. The van der Waals surface area contributed by atoms with Crippen LogP contribution in [0.2, 0.25) is 0 Å². The number of nitriles is 1. The van der Waals surface area contributed by atoms with Crippen LogP contribution in [0, 0.1) is 11.3 Å². The molecule has 0 unspecified atom stereocenters. The van der Waals surface area contributed by atoms with E-state index in [2.05, 4.69) is 0 Å². The number of alkyl halides is 1. The second-order valence-corrected chi connectivity index (χ2v) is 4.03. The summed E-state index contributed by atoms with van der Waals surface area (Å²) in [5.74, 6) is 0.550. The highest BCUT2D eigenvalue weighted by atomic mass is 35.5. The van der Waals surface area contributed by atoms with Gasteiger partial charge in [-0.1, -0.05) is 0 Å². The highest BCUT2D eigenvalue weighted by Gasteiger charge is 2.08. The van der Waals surface area contributed by atoms with Crippen LogP contribution in [0.25, 0.3) is 10.1 Å². The normalized spacial score (nSPS) is 10.3. The number of thiophene rings is 1. The number of phenols is 1. The summed E-state index contributed by atoms with van der Waals surface area (Å²) in [4.78, 5) is 0. The number of nitrogens with zero attached hydrogens (tertiary/aromatic N) is 1. The summed E-state index contributed by atoms with van der Waals surface area (Å²) >= 11 is 7.18. The Balaban J connectivity index is 2.82. The highest BCUT2D eigenvalue weighted by molar-refractivity contribution is 7.17. The van der Waals surface area contributed by atoms with Gasteiger partial charge in [-0.25, -0.2) is 0 Å². The van der Waals surface area contributed by atoms with Crippen molar-refractivity contribution in [2.45, 2.75) is 5.88 Å². The fraction of sp³-hybridized carbons (Fsp3) is 0.100. The molecule has 2 rings (SSSR count). The summed E-state index contributed by atoms with van der Waals surface area (Å²) in [6.45, 7) is 0. The molecule has 0 aliphatic heterocycles. The zero-order valence-corrected chi connectivity index (χ0v) is 8.69. The monoisotopic (exact) mass is 223 g/mol. The van der Waals surface area contributed by atoms with E-state index in [1.807, 2.05) is 11.4 Å². The van der Waals surface area contributed by atoms with Crippen molar-refractivity contribution in [1.82, 2.24) is 0 Å². The number of hydrogen-bond acceptors (Lipinski definition) is 3. The van der Waals surface area contributed by atoms with E-state index < -0.39 is 0 Å². The molecule has 0 bridgehead atoms. The van der Waals surface area contributed by atoms with Crippen molar-refractivity contribution in [2.24, 2.45) is 0 Å². The number of aromatic hydroxyl groups is 1. The van der Waals surface area contributed by atoms with E-state index >= 15 is 0 Å². The average Bonchev–Trinajstić information content (AvgIpc) is 2.61. The maximum absolute atomic E-state index is 9.61. The van der Waals surface area contributed by atoms with E-state index in [1.54, 1.807) is 6.07 Å². The minimum Gasteiger partial charge on any atom is -0.506 e. The first kappa shape index (κ1) is 9.32. The lowest BCUT2D eigenvalue weighted by Gasteiger charge is -1.97. The maximum atomic E-state index is 9.61. The Hall–Kier alpha value is -1.24. The van der Waals surface area contributed by atoms with Crippen LogP contribution in [-0.2, 0) is 5.88 Å². The number of phenolic OH excluding ortho intramolecular Hbond substituents is 1. The standard InChI is InChI=1S/C10H6ClNOS/c11-3-7-5-14-10-8(7)1-6(4-12)2-9(10)13/h1-2,5,13H,3H2. The second kappa shape index (κ2) is 3.49. The van der Waals surface area contributed by atoms with Gasteiger partial charge in [0.05, 0.1) is 16.3 Å². The van der Waals surface area contributed by atoms with Crippen LogP contribution in [0.1, 0.15) is 11.1 Å². The van der Waals surface area contributed by atoms with Crippen molar-refractivity contribution < 1.29 is 5.11 Å². The quantitative estimate of drug-likeness (QED) is 0.755. The molecule has 1 heterocycles. The molecule has 0 saturated heterocycles. The zero-order chi connectivity index (χ0) is 10.1. The molecule has 0 radical (unpaired) electrons. The van der Waals surface area contributed by atoms with E-state index in [9.17, 15) is 5.11 Å². The molecule has 0 fully saturated rings. The molecule has 0 atom stereocenters. The van der Waals surface area contributed by atoms with E-state index in [0.717, 1.165) is 15.6 Å². The van der Waals surface area contributed by atoms with Crippen molar-refractivity contribution in [1.29, 1.82) is 5.26 Å². The highest BCUT2D eigenvalue weighted by Crippen LogP contribution is 2.34. The lowest BCUT2D eigenvalue weighted by atomic mass is 10.1. The van der Waals surface area contributed by atoms with Gasteiger partial charge in [-0.2, -0.15) is 5.26 Å². The van der Waals surface area contributed by atoms with Gasteiger partial charge in [0.15, 0.2) is 0 Å². The van der Waals surface area contributed by atoms with Gasteiger partial charge in [-0.15, -0.1) is 22.9 Å². The molecule has 0 aliphatic carbocycles. The van der Waals surface area contributed by atoms with Gasteiger partial charge in [0.25, 0.3) is 0 Å². The predicted molar refractivity (Wildman–Crippen MR) is 57.8 cm³/mol. The molecule has 70 valence electrons. The zero-order valence-electron chi connectivity index (χ0n) is 7.12. The molecule has 0 aliphatic rings. The summed E-state index contributed by atoms with van der Waals surface area (Å²) < 4.78 is 0.791. The lowest BCUT2D eigenvalue weighted by molar-refractivity contribution is 0.482. The molecule has 0 amide bonds. The lowest BCUT2D eigenvalue weighted by Crippen LogP contribution is -1.77. The van der Waals surface area contributed by atoms with E-state index in [0.29, 0.717) is 11.4 Å². The van der Waals surface area contributed by atoms with Crippen LogP contribution in [0.3, 0.4) is 0 Å². The van der Waals surface area contributed by atoms with Gasteiger partial charge in [-0.05, 0) is 23.1 Å². The van der Waals surface area contributed by atoms with Crippen molar-refractivity contribution in [3.8, 4) is 11.8 Å². The third kappa shape index (κ3) is 1.33.